The van der Waals surface area contributed by atoms with Crippen molar-refractivity contribution >= 4 is 21.7 Å². The van der Waals surface area contributed by atoms with Gasteiger partial charge in [0.1, 0.15) is 12.4 Å². The second-order valence-electron chi connectivity index (χ2n) is 5.18. The quantitative estimate of drug-likeness (QED) is 0.761. The highest BCUT2D eigenvalue weighted by Gasteiger charge is 2.31. The second-order valence-corrected chi connectivity index (χ2v) is 6.04. The number of carbonyl (C=O) groups is 1. The van der Waals surface area contributed by atoms with E-state index in [1.54, 1.807) is 0 Å². The van der Waals surface area contributed by atoms with E-state index in [2.05, 4.69) is 15.9 Å². The van der Waals surface area contributed by atoms with Crippen LogP contribution in [-0.2, 0) is 0 Å². The van der Waals surface area contributed by atoms with Gasteiger partial charge in [-0.2, -0.15) is 0 Å². The summed E-state index contributed by atoms with van der Waals surface area (Å²) in [6.07, 6.45) is 0. The Balaban J connectivity index is 2.01. The zero-order chi connectivity index (χ0) is 14.3. The molecule has 2 aromatic rings. The Hall–Kier alpha value is -1.61. The number of hydrogen-bond acceptors (Lipinski definition) is 2. The predicted octanol–water partition coefficient (Wildman–Crippen LogP) is 4.42. The zero-order valence-electron chi connectivity index (χ0n) is 11.4. The van der Waals surface area contributed by atoms with Crippen LogP contribution in [0.3, 0.4) is 0 Å². The van der Waals surface area contributed by atoms with E-state index in [-0.39, 0.29) is 11.7 Å². The van der Waals surface area contributed by atoms with Crippen LogP contribution in [0.4, 0.5) is 0 Å². The molecule has 1 aliphatic rings. The number of halogens is 1. The van der Waals surface area contributed by atoms with Gasteiger partial charge in [-0.05, 0) is 43.2 Å². The number of ether oxygens (including phenoxy) is 1. The standard InChI is InChI=1S/C17H15BrO2/c1-10-8-15(18)11(2)7-13(10)17(19)14-9-20-16-6-4-3-5-12(14)16/h3-8,14H,9H2,1-2H3. The Labute approximate surface area is 126 Å². The molecule has 3 heteroatoms. The first-order chi connectivity index (χ1) is 9.58. The van der Waals surface area contributed by atoms with Gasteiger partial charge in [0.25, 0.3) is 0 Å². The predicted molar refractivity (Wildman–Crippen MR) is 82.6 cm³/mol. The molecule has 0 saturated heterocycles. The fourth-order valence-electron chi connectivity index (χ4n) is 2.61. The first-order valence-electron chi connectivity index (χ1n) is 6.60. The molecule has 2 nitrogen and oxygen atoms in total. The monoisotopic (exact) mass is 330 g/mol. The van der Waals surface area contributed by atoms with Gasteiger partial charge >= 0.3 is 0 Å². The minimum Gasteiger partial charge on any atom is -0.492 e. The van der Waals surface area contributed by atoms with Gasteiger partial charge in [0.15, 0.2) is 5.78 Å². The molecule has 1 aliphatic heterocycles. The van der Waals surface area contributed by atoms with Crippen molar-refractivity contribution in [2.45, 2.75) is 19.8 Å². The molecule has 0 aliphatic carbocycles. The van der Waals surface area contributed by atoms with Crippen molar-refractivity contribution in [2.24, 2.45) is 0 Å². The molecule has 0 radical (unpaired) electrons. The van der Waals surface area contributed by atoms with E-state index >= 15 is 0 Å². The maximum Gasteiger partial charge on any atom is 0.174 e. The minimum absolute atomic E-state index is 0.142. The molecule has 0 fully saturated rings. The van der Waals surface area contributed by atoms with Crippen LogP contribution >= 0.6 is 15.9 Å². The molecule has 0 saturated carbocycles. The number of carbonyl (C=O) groups excluding carboxylic acids is 1. The summed E-state index contributed by atoms with van der Waals surface area (Å²) in [7, 11) is 0. The van der Waals surface area contributed by atoms with Gasteiger partial charge in [-0.15, -0.1) is 0 Å². The molecule has 20 heavy (non-hydrogen) atoms. The summed E-state index contributed by atoms with van der Waals surface area (Å²) >= 11 is 3.50. The summed E-state index contributed by atoms with van der Waals surface area (Å²) in [4.78, 5) is 12.8. The third-order valence-electron chi connectivity index (χ3n) is 3.79. The van der Waals surface area contributed by atoms with Gasteiger partial charge in [0.2, 0.25) is 0 Å². The maximum absolute atomic E-state index is 12.8. The van der Waals surface area contributed by atoms with Gasteiger partial charge in [-0.3, -0.25) is 4.79 Å². The molecular formula is C17H15BrO2. The molecule has 102 valence electrons. The topological polar surface area (TPSA) is 26.3 Å². The van der Waals surface area contributed by atoms with Crippen LogP contribution in [0.2, 0.25) is 0 Å². The molecule has 0 aromatic heterocycles. The van der Waals surface area contributed by atoms with Crippen molar-refractivity contribution in [3.05, 3.63) is 63.1 Å². The summed E-state index contributed by atoms with van der Waals surface area (Å²) in [5, 5.41) is 0. The minimum atomic E-state index is -0.189. The van der Waals surface area contributed by atoms with E-state index in [0.29, 0.717) is 6.61 Å². The van der Waals surface area contributed by atoms with Gasteiger partial charge in [-0.1, -0.05) is 34.1 Å². The third-order valence-corrected chi connectivity index (χ3v) is 4.64. The number of ketones is 1. The highest BCUT2D eigenvalue weighted by atomic mass is 79.9. The van der Waals surface area contributed by atoms with Crippen LogP contribution in [-0.4, -0.2) is 12.4 Å². The number of Topliss-reactive ketones (excluding diaryl/α,β-unsaturated/α-hetero) is 1. The van der Waals surface area contributed by atoms with Crippen LogP contribution in [0.5, 0.6) is 5.75 Å². The molecule has 3 rings (SSSR count). The number of aryl methyl sites for hydroxylation is 2. The van der Waals surface area contributed by atoms with Gasteiger partial charge in [0, 0.05) is 15.6 Å². The lowest BCUT2D eigenvalue weighted by molar-refractivity contribution is 0.0947. The fraction of sp³-hybridized carbons (Fsp3) is 0.235. The number of para-hydroxylation sites is 1. The van der Waals surface area contributed by atoms with Crippen molar-refractivity contribution in [3.63, 3.8) is 0 Å². The Bertz CT molecular complexity index is 691. The van der Waals surface area contributed by atoms with Gasteiger partial charge in [-0.25, -0.2) is 0 Å². The number of fused-ring (bicyclic) bond motifs is 1. The molecule has 0 N–H and O–H groups in total. The smallest absolute Gasteiger partial charge is 0.174 e. The summed E-state index contributed by atoms with van der Waals surface area (Å²) in [6.45, 7) is 4.41. The van der Waals surface area contributed by atoms with Crippen LogP contribution in [0.1, 0.15) is 33.0 Å². The lowest BCUT2D eigenvalue weighted by Crippen LogP contribution is -2.15. The third kappa shape index (κ3) is 2.16. The molecule has 2 aromatic carbocycles. The largest absolute Gasteiger partial charge is 0.492 e. The first-order valence-corrected chi connectivity index (χ1v) is 7.40. The molecular weight excluding hydrogens is 316 g/mol. The number of hydrogen-bond donors (Lipinski definition) is 0. The fourth-order valence-corrected chi connectivity index (χ4v) is 3.07. The lowest BCUT2D eigenvalue weighted by Gasteiger charge is -2.12. The average Bonchev–Trinajstić information content (AvgIpc) is 2.86. The Kier molecular flexibility index (Phi) is 3.38. The van der Waals surface area contributed by atoms with E-state index in [0.717, 1.165) is 32.5 Å². The van der Waals surface area contributed by atoms with Crippen LogP contribution in [0, 0.1) is 13.8 Å². The van der Waals surface area contributed by atoms with Crippen LogP contribution < -0.4 is 4.74 Å². The van der Waals surface area contributed by atoms with Gasteiger partial charge < -0.3 is 4.74 Å². The van der Waals surface area contributed by atoms with Crippen molar-refractivity contribution in [2.75, 3.05) is 6.61 Å². The highest BCUT2D eigenvalue weighted by molar-refractivity contribution is 9.10. The SMILES string of the molecule is Cc1cc(C(=O)C2COc3ccccc32)c(C)cc1Br. The number of rotatable bonds is 2. The van der Waals surface area contributed by atoms with Crippen molar-refractivity contribution in [3.8, 4) is 5.75 Å². The molecule has 1 atom stereocenters. The number of benzene rings is 2. The van der Waals surface area contributed by atoms with E-state index < -0.39 is 0 Å². The maximum atomic E-state index is 12.8. The van der Waals surface area contributed by atoms with Gasteiger partial charge in [0.05, 0.1) is 5.92 Å². The van der Waals surface area contributed by atoms with Crippen molar-refractivity contribution < 1.29 is 9.53 Å². The summed E-state index contributed by atoms with van der Waals surface area (Å²) in [5.74, 6) is 0.783. The first kappa shape index (κ1) is 13.4. The van der Waals surface area contributed by atoms with E-state index in [4.69, 9.17) is 4.74 Å². The van der Waals surface area contributed by atoms with E-state index in [1.165, 1.54) is 0 Å². The summed E-state index contributed by atoms with van der Waals surface area (Å²) in [5.41, 5.74) is 3.86. The Morgan fingerprint density at radius 1 is 1.20 bits per heavy atom. The molecule has 1 unspecified atom stereocenters. The van der Waals surface area contributed by atoms with Crippen LogP contribution in [0.25, 0.3) is 0 Å². The molecule has 0 spiro atoms. The highest BCUT2D eigenvalue weighted by Crippen LogP contribution is 2.36. The normalized spacial score (nSPS) is 16.6. The lowest BCUT2D eigenvalue weighted by atomic mass is 9.89. The average molecular weight is 331 g/mol. The second kappa shape index (κ2) is 5.06. The zero-order valence-corrected chi connectivity index (χ0v) is 13.0. The Morgan fingerprint density at radius 2 is 1.95 bits per heavy atom. The molecule has 0 bridgehead atoms. The van der Waals surface area contributed by atoms with Crippen molar-refractivity contribution in [1.82, 2.24) is 0 Å². The summed E-state index contributed by atoms with van der Waals surface area (Å²) in [6, 6.07) is 11.7. The molecule has 1 heterocycles. The Morgan fingerprint density at radius 3 is 2.75 bits per heavy atom. The van der Waals surface area contributed by atoms with Crippen molar-refractivity contribution in [1.29, 1.82) is 0 Å². The summed E-state index contributed by atoms with van der Waals surface area (Å²) < 4.78 is 6.65. The molecule has 0 amide bonds. The van der Waals surface area contributed by atoms with E-state index in [1.807, 2.05) is 50.2 Å². The van der Waals surface area contributed by atoms with E-state index in [9.17, 15) is 4.79 Å². The van der Waals surface area contributed by atoms with Crippen LogP contribution in [0.15, 0.2) is 40.9 Å².